The second kappa shape index (κ2) is 9.37. The van der Waals surface area contributed by atoms with Crippen molar-refractivity contribution < 1.29 is 5.11 Å². The van der Waals surface area contributed by atoms with Gasteiger partial charge in [0.1, 0.15) is 5.75 Å². The first-order valence-electron chi connectivity index (χ1n) is 6.30. The van der Waals surface area contributed by atoms with Crippen LogP contribution in [0.25, 0.3) is 0 Å². The maximum atomic E-state index is 9.31. The van der Waals surface area contributed by atoms with Gasteiger partial charge in [0.05, 0.1) is 0 Å². The highest BCUT2D eigenvalue weighted by Gasteiger charge is 1.94. The van der Waals surface area contributed by atoms with Crippen LogP contribution in [0.5, 0.6) is 5.75 Å². The van der Waals surface area contributed by atoms with E-state index < -0.39 is 0 Å². The number of benzene rings is 1. The summed E-state index contributed by atoms with van der Waals surface area (Å²) in [6.45, 7) is 1.91. The number of nitrogens with one attached hydrogen (secondary N) is 1. The predicted molar refractivity (Wildman–Crippen MR) is 76.7 cm³/mol. The quantitative estimate of drug-likeness (QED) is 0.662. The molecule has 2 nitrogen and oxygen atoms in total. The van der Waals surface area contributed by atoms with E-state index in [9.17, 15) is 5.11 Å². The van der Waals surface area contributed by atoms with Gasteiger partial charge in [-0.05, 0) is 49.1 Å². The molecular formula is C14H23NOS. The highest BCUT2D eigenvalue weighted by Crippen LogP contribution is 2.10. The average molecular weight is 253 g/mol. The lowest BCUT2D eigenvalue weighted by Gasteiger charge is -2.05. The van der Waals surface area contributed by atoms with Gasteiger partial charge in [-0.3, -0.25) is 0 Å². The summed E-state index contributed by atoms with van der Waals surface area (Å²) in [4.78, 5) is 0. The molecule has 0 radical (unpaired) electrons. The van der Waals surface area contributed by atoms with Crippen molar-refractivity contribution in [3.63, 3.8) is 0 Å². The monoisotopic (exact) mass is 253 g/mol. The van der Waals surface area contributed by atoms with Gasteiger partial charge in [0.2, 0.25) is 0 Å². The maximum absolute atomic E-state index is 9.31. The summed E-state index contributed by atoms with van der Waals surface area (Å²) in [5, 5.41) is 12.7. The van der Waals surface area contributed by atoms with Crippen LogP contribution in [0, 0.1) is 0 Å². The largest absolute Gasteiger partial charge is 0.508 e. The number of hydrogen-bond acceptors (Lipinski definition) is 3. The lowest BCUT2D eigenvalue weighted by atomic mass is 10.2. The summed E-state index contributed by atoms with van der Waals surface area (Å²) >= 11 is 1.93. The third-order valence-electron chi connectivity index (χ3n) is 2.69. The highest BCUT2D eigenvalue weighted by molar-refractivity contribution is 7.98. The zero-order chi connectivity index (χ0) is 12.3. The van der Waals surface area contributed by atoms with Crippen molar-refractivity contribution in [2.24, 2.45) is 0 Å². The van der Waals surface area contributed by atoms with Gasteiger partial charge in [0.15, 0.2) is 0 Å². The molecule has 17 heavy (non-hydrogen) atoms. The minimum atomic E-state index is 0.348. The Labute approximate surface area is 109 Å². The summed E-state index contributed by atoms with van der Waals surface area (Å²) in [5.41, 5.74) is 1.15. The number of phenols is 1. The zero-order valence-electron chi connectivity index (χ0n) is 10.6. The van der Waals surface area contributed by atoms with E-state index in [4.69, 9.17) is 0 Å². The van der Waals surface area contributed by atoms with Crippen LogP contribution < -0.4 is 5.32 Å². The molecule has 0 heterocycles. The molecule has 1 aromatic carbocycles. The fraction of sp³-hybridized carbons (Fsp3) is 0.571. The van der Waals surface area contributed by atoms with Gasteiger partial charge < -0.3 is 10.4 Å². The van der Waals surface area contributed by atoms with E-state index in [-0.39, 0.29) is 0 Å². The van der Waals surface area contributed by atoms with E-state index in [1.54, 1.807) is 6.07 Å². The first-order chi connectivity index (χ1) is 8.33. The van der Waals surface area contributed by atoms with Gasteiger partial charge >= 0.3 is 0 Å². The molecule has 0 bridgehead atoms. The molecule has 0 saturated heterocycles. The van der Waals surface area contributed by atoms with Crippen LogP contribution in [0.3, 0.4) is 0 Å². The normalized spacial score (nSPS) is 10.6. The summed E-state index contributed by atoms with van der Waals surface area (Å²) in [7, 11) is 0. The minimum absolute atomic E-state index is 0.348. The average Bonchev–Trinajstić information content (AvgIpc) is 2.33. The van der Waals surface area contributed by atoms with Crippen molar-refractivity contribution in [3.05, 3.63) is 29.8 Å². The number of unbranched alkanes of at least 4 members (excludes halogenated alkanes) is 3. The molecule has 0 spiro atoms. The highest BCUT2D eigenvalue weighted by atomic mass is 32.2. The predicted octanol–water partition coefficient (Wildman–Crippen LogP) is 3.41. The molecule has 0 atom stereocenters. The van der Waals surface area contributed by atoms with Crippen molar-refractivity contribution in [1.82, 2.24) is 5.32 Å². The van der Waals surface area contributed by atoms with Gasteiger partial charge in [0.25, 0.3) is 0 Å². The van der Waals surface area contributed by atoms with Crippen LogP contribution >= 0.6 is 11.8 Å². The van der Waals surface area contributed by atoms with Crippen molar-refractivity contribution >= 4 is 11.8 Å². The van der Waals surface area contributed by atoms with Crippen LogP contribution in [-0.2, 0) is 6.54 Å². The summed E-state index contributed by atoms with van der Waals surface area (Å²) in [6, 6.07) is 7.43. The SMILES string of the molecule is CSCCCCCCNCc1cccc(O)c1. The van der Waals surface area contributed by atoms with E-state index in [1.165, 1.54) is 31.4 Å². The minimum Gasteiger partial charge on any atom is -0.508 e. The molecular weight excluding hydrogens is 230 g/mol. The number of phenolic OH excluding ortho intramolecular Hbond substituents is 1. The molecule has 0 aliphatic carbocycles. The van der Waals surface area contributed by atoms with Gasteiger partial charge in [-0.1, -0.05) is 25.0 Å². The second-order valence-corrected chi connectivity index (χ2v) is 5.24. The number of thioether (sulfide) groups is 1. The Morgan fingerprint density at radius 1 is 1.18 bits per heavy atom. The summed E-state index contributed by atoms with van der Waals surface area (Å²) < 4.78 is 0. The Balaban J connectivity index is 1.97. The second-order valence-electron chi connectivity index (χ2n) is 4.25. The fourth-order valence-electron chi connectivity index (χ4n) is 1.75. The smallest absolute Gasteiger partial charge is 0.115 e. The van der Waals surface area contributed by atoms with E-state index in [0.717, 1.165) is 18.7 Å². The molecule has 0 aliphatic rings. The van der Waals surface area contributed by atoms with Gasteiger partial charge in [0, 0.05) is 6.54 Å². The third kappa shape index (κ3) is 7.29. The molecule has 3 heteroatoms. The van der Waals surface area contributed by atoms with E-state index in [0.29, 0.717) is 5.75 Å². The lowest BCUT2D eigenvalue weighted by molar-refractivity contribution is 0.474. The molecule has 0 aromatic heterocycles. The number of aromatic hydroxyl groups is 1. The Kier molecular flexibility index (Phi) is 7.93. The molecule has 1 rings (SSSR count). The lowest BCUT2D eigenvalue weighted by Crippen LogP contribution is -2.14. The fourth-order valence-corrected chi connectivity index (χ4v) is 2.24. The molecule has 1 aromatic rings. The van der Waals surface area contributed by atoms with Crippen LogP contribution in [0.2, 0.25) is 0 Å². The summed E-state index contributed by atoms with van der Waals surface area (Å²) in [5.74, 6) is 1.64. The Hall–Kier alpha value is -0.670. The standard InChI is InChI=1S/C14H23NOS/c1-17-10-5-3-2-4-9-15-12-13-7-6-8-14(16)11-13/h6-8,11,15-16H,2-5,9-10,12H2,1H3. The van der Waals surface area contributed by atoms with Crippen LogP contribution in [0.1, 0.15) is 31.2 Å². The third-order valence-corrected chi connectivity index (χ3v) is 3.39. The molecule has 96 valence electrons. The first kappa shape index (κ1) is 14.4. The number of rotatable bonds is 9. The molecule has 0 aliphatic heterocycles. The molecule has 0 saturated carbocycles. The van der Waals surface area contributed by atoms with Gasteiger partial charge in [-0.2, -0.15) is 11.8 Å². The van der Waals surface area contributed by atoms with Crippen LogP contribution in [0.4, 0.5) is 0 Å². The van der Waals surface area contributed by atoms with Gasteiger partial charge in [-0.15, -0.1) is 0 Å². The van der Waals surface area contributed by atoms with Crippen molar-refractivity contribution in [3.8, 4) is 5.75 Å². The molecule has 0 unspecified atom stereocenters. The molecule has 0 amide bonds. The maximum Gasteiger partial charge on any atom is 0.115 e. The van der Waals surface area contributed by atoms with E-state index in [2.05, 4.69) is 11.6 Å². The first-order valence-corrected chi connectivity index (χ1v) is 7.70. The number of hydrogen-bond donors (Lipinski definition) is 2. The Morgan fingerprint density at radius 2 is 2.00 bits per heavy atom. The topological polar surface area (TPSA) is 32.3 Å². The van der Waals surface area contributed by atoms with Crippen LogP contribution in [-0.4, -0.2) is 23.7 Å². The van der Waals surface area contributed by atoms with E-state index >= 15 is 0 Å². The van der Waals surface area contributed by atoms with Crippen molar-refractivity contribution in [2.45, 2.75) is 32.2 Å². The molecule has 2 N–H and O–H groups in total. The van der Waals surface area contributed by atoms with E-state index in [1.807, 2.05) is 30.0 Å². The Bertz CT molecular complexity index is 304. The Morgan fingerprint density at radius 3 is 2.76 bits per heavy atom. The van der Waals surface area contributed by atoms with Gasteiger partial charge in [-0.25, -0.2) is 0 Å². The zero-order valence-corrected chi connectivity index (χ0v) is 11.4. The van der Waals surface area contributed by atoms with Crippen molar-refractivity contribution in [2.75, 3.05) is 18.6 Å². The molecule has 0 fully saturated rings. The van der Waals surface area contributed by atoms with Crippen molar-refractivity contribution in [1.29, 1.82) is 0 Å². The summed E-state index contributed by atoms with van der Waals surface area (Å²) in [6.07, 6.45) is 7.40. The van der Waals surface area contributed by atoms with Crippen LogP contribution in [0.15, 0.2) is 24.3 Å².